The quantitative estimate of drug-likeness (QED) is 0.108. The van der Waals surface area contributed by atoms with Crippen molar-refractivity contribution < 1.29 is 9.53 Å². The van der Waals surface area contributed by atoms with Crippen LogP contribution in [0.5, 0.6) is 5.75 Å². The molecule has 8 aromatic rings. The van der Waals surface area contributed by atoms with Gasteiger partial charge in [0, 0.05) is 83.6 Å². The Bertz CT molecular complexity index is 2850. The summed E-state index contributed by atoms with van der Waals surface area (Å²) in [5, 5.41) is 4.08. The summed E-state index contributed by atoms with van der Waals surface area (Å²) in [4.78, 5) is 34.9. The number of benzene rings is 2. The average Bonchev–Trinajstić information content (AvgIpc) is 3.77. The third-order valence-electron chi connectivity index (χ3n) is 9.80. The fraction of sp³-hybridized carbons (Fsp3) is 0.0588. The van der Waals surface area contributed by atoms with Crippen LogP contribution in [0.15, 0.2) is 159 Å². The van der Waals surface area contributed by atoms with Gasteiger partial charge >= 0.3 is 0 Å². The first-order chi connectivity index (χ1) is 29.6. The Morgan fingerprint density at radius 2 is 1.32 bits per heavy atom. The van der Waals surface area contributed by atoms with Crippen LogP contribution in [0.4, 0.5) is 0 Å². The van der Waals surface area contributed by atoms with E-state index in [1.54, 1.807) is 49.5 Å². The number of carbonyl (C=O) groups excluding carboxylic acids is 1. The maximum absolute atomic E-state index is 13.1. The lowest BCUT2D eigenvalue weighted by Crippen LogP contribution is -2.22. The molecule has 0 fully saturated rings. The van der Waals surface area contributed by atoms with Gasteiger partial charge in [0.25, 0.3) is 0 Å². The summed E-state index contributed by atoms with van der Waals surface area (Å²) in [6.45, 7) is 2.55. The molecule has 0 radical (unpaired) electrons. The summed E-state index contributed by atoms with van der Waals surface area (Å²) in [6, 6.07) is 33.9. The predicted octanol–water partition coefficient (Wildman–Crippen LogP) is 11.6. The van der Waals surface area contributed by atoms with Crippen molar-refractivity contribution in [2.45, 2.75) is 20.1 Å². The summed E-state index contributed by atoms with van der Waals surface area (Å²) in [5.41, 5.74) is 11.2. The smallest absolute Gasteiger partial charge is 0.244 e. The van der Waals surface area contributed by atoms with Crippen molar-refractivity contribution >= 4 is 96.6 Å². The Morgan fingerprint density at radius 1 is 0.651 bits per heavy atom. The zero-order valence-corrected chi connectivity index (χ0v) is 36.6. The number of nitrogens with one attached hydrogen (secondary N) is 1. The number of halogens is 3. The van der Waals surface area contributed by atoms with Crippen molar-refractivity contribution in [3.63, 3.8) is 0 Å². The van der Waals surface area contributed by atoms with Crippen LogP contribution in [0, 0.1) is 6.92 Å². The number of nitrogens with zero attached hydrogens (tertiary/aromatic N) is 6. The molecule has 12 heteroatoms. The van der Waals surface area contributed by atoms with Crippen LogP contribution >= 0.6 is 37.2 Å². The summed E-state index contributed by atoms with van der Waals surface area (Å²) < 4.78 is 8.81. The lowest BCUT2D eigenvalue weighted by Gasteiger charge is -2.19. The van der Waals surface area contributed by atoms with Gasteiger partial charge in [-0.1, -0.05) is 60.7 Å². The van der Waals surface area contributed by atoms with E-state index in [1.165, 1.54) is 6.08 Å². The molecule has 0 saturated carbocycles. The maximum Gasteiger partial charge on any atom is 0.244 e. The molecule has 63 heavy (non-hydrogen) atoms. The van der Waals surface area contributed by atoms with Crippen molar-refractivity contribution in [3.8, 4) is 11.4 Å². The van der Waals surface area contributed by atoms with Gasteiger partial charge in [-0.3, -0.25) is 24.7 Å². The molecule has 2 aromatic carbocycles. The average molecular weight is 893 g/mol. The molecule has 0 unspecified atom stereocenters. The second-order valence-corrected chi connectivity index (χ2v) is 13.9. The van der Waals surface area contributed by atoms with Gasteiger partial charge in [-0.05, 0) is 120 Å². The largest absolute Gasteiger partial charge is 0.487 e. The molecule has 0 saturated heterocycles. The van der Waals surface area contributed by atoms with Crippen LogP contribution in [0.2, 0.25) is 0 Å². The maximum atomic E-state index is 13.1. The minimum atomic E-state index is -0.216. The van der Waals surface area contributed by atoms with Gasteiger partial charge in [0.2, 0.25) is 5.91 Å². The van der Waals surface area contributed by atoms with Gasteiger partial charge in [0.1, 0.15) is 17.9 Å². The molecule has 0 aliphatic carbocycles. The molecular formula is C51H44Cl3N7O2. The summed E-state index contributed by atoms with van der Waals surface area (Å²) in [6.07, 6.45) is 30.0. The SMILES string of the molecule is Cc1ccc2cccc(OCc3c(/C=C/c4ccncc4)ccc(-n4cccc4CNC(=O)/C=C/c4ccc(/C=C/c5ccncc5)nc4)c3/C=C/c3ccncc3)c2n1.Cl.Cl.Cl. The van der Waals surface area contributed by atoms with Gasteiger partial charge in [-0.2, -0.15) is 0 Å². The lowest BCUT2D eigenvalue weighted by atomic mass is 9.97. The van der Waals surface area contributed by atoms with Crippen LogP contribution in [0.25, 0.3) is 59.1 Å². The van der Waals surface area contributed by atoms with Gasteiger partial charge < -0.3 is 14.6 Å². The van der Waals surface area contributed by atoms with E-state index in [0.29, 0.717) is 12.3 Å². The normalized spacial score (nSPS) is 11.1. The fourth-order valence-electron chi connectivity index (χ4n) is 6.65. The van der Waals surface area contributed by atoms with Gasteiger partial charge in [-0.25, -0.2) is 4.98 Å². The van der Waals surface area contributed by atoms with E-state index in [9.17, 15) is 4.79 Å². The minimum Gasteiger partial charge on any atom is -0.487 e. The van der Waals surface area contributed by atoms with Gasteiger partial charge in [0.15, 0.2) is 0 Å². The molecule has 0 aliphatic rings. The molecule has 0 spiro atoms. The van der Waals surface area contributed by atoms with Crippen molar-refractivity contribution in [1.29, 1.82) is 0 Å². The highest BCUT2D eigenvalue weighted by Gasteiger charge is 2.16. The third-order valence-corrected chi connectivity index (χ3v) is 9.80. The number of para-hydroxylation sites is 1. The Balaban J connectivity index is 0.00000249. The minimum absolute atomic E-state index is 0. The number of hydrogen-bond acceptors (Lipinski definition) is 7. The second-order valence-electron chi connectivity index (χ2n) is 13.9. The molecule has 6 aromatic heterocycles. The number of pyridine rings is 5. The molecule has 6 heterocycles. The zero-order chi connectivity index (χ0) is 40.9. The predicted molar refractivity (Wildman–Crippen MR) is 263 cm³/mol. The highest BCUT2D eigenvalue weighted by molar-refractivity contribution is 5.91. The number of fused-ring (bicyclic) bond motifs is 1. The number of aryl methyl sites for hydroxylation is 1. The molecule has 316 valence electrons. The van der Waals surface area contributed by atoms with E-state index in [0.717, 1.165) is 72.6 Å². The number of rotatable bonds is 14. The zero-order valence-electron chi connectivity index (χ0n) is 34.2. The monoisotopic (exact) mass is 891 g/mol. The Kier molecular flexibility index (Phi) is 17.2. The third kappa shape index (κ3) is 12.5. The van der Waals surface area contributed by atoms with Crippen molar-refractivity contribution in [3.05, 3.63) is 215 Å². The topological polar surface area (TPSA) is 108 Å². The number of aromatic nitrogens is 6. The number of amides is 1. The van der Waals surface area contributed by atoms with Crippen LogP contribution in [-0.4, -0.2) is 35.4 Å². The Hall–Kier alpha value is -7.17. The van der Waals surface area contributed by atoms with E-state index < -0.39 is 0 Å². The van der Waals surface area contributed by atoms with E-state index in [4.69, 9.17) is 9.72 Å². The lowest BCUT2D eigenvalue weighted by molar-refractivity contribution is -0.116. The van der Waals surface area contributed by atoms with Crippen LogP contribution < -0.4 is 10.1 Å². The Morgan fingerprint density at radius 3 is 1.98 bits per heavy atom. The van der Waals surface area contributed by atoms with E-state index in [-0.39, 0.29) is 49.7 Å². The molecule has 0 bridgehead atoms. The van der Waals surface area contributed by atoms with Crippen molar-refractivity contribution in [1.82, 2.24) is 34.8 Å². The van der Waals surface area contributed by atoms with Crippen LogP contribution in [0.1, 0.15) is 56.0 Å². The molecule has 0 aliphatic heterocycles. The molecule has 9 nitrogen and oxygen atoms in total. The van der Waals surface area contributed by atoms with E-state index in [2.05, 4.69) is 72.3 Å². The fourth-order valence-corrected chi connectivity index (χ4v) is 6.65. The van der Waals surface area contributed by atoms with Gasteiger partial charge in [0.05, 0.1) is 17.9 Å². The van der Waals surface area contributed by atoms with Crippen LogP contribution in [0.3, 0.4) is 0 Å². The summed E-state index contributed by atoms with van der Waals surface area (Å²) in [5.74, 6) is 0.489. The highest BCUT2D eigenvalue weighted by atomic mass is 35.5. The standard InChI is InChI=1S/C51H41N7O2.3ClH/c1-37-7-13-43-4-2-6-49(51(43)57-37)60-36-47-42(14-8-38-21-27-52-28-22-38)15-19-48(46(47)18-11-40-25-31-54-32-26-40)58-33-3-5-45(58)35-56-50(59)20-12-41-10-17-44(55-34-41)16-9-39-23-29-53-30-24-39;;;/h2-34H,35-36H2,1H3,(H,56,59);3*1H/b14-8+,16-9+,18-11+,20-12+;;;. The number of ether oxygens (including phenoxy) is 1. The summed E-state index contributed by atoms with van der Waals surface area (Å²) in [7, 11) is 0. The first kappa shape index (κ1) is 46.9. The molecule has 1 N–H and O–H groups in total. The molecule has 0 atom stereocenters. The first-order valence-electron chi connectivity index (χ1n) is 19.5. The molecule has 1 amide bonds. The van der Waals surface area contributed by atoms with E-state index >= 15 is 0 Å². The highest BCUT2D eigenvalue weighted by Crippen LogP contribution is 2.31. The molecular weight excluding hydrogens is 849 g/mol. The Labute approximate surface area is 385 Å². The second kappa shape index (κ2) is 23.2. The van der Waals surface area contributed by atoms with E-state index in [1.807, 2.05) is 110 Å². The van der Waals surface area contributed by atoms with Crippen LogP contribution in [-0.2, 0) is 17.9 Å². The number of hydrogen-bond donors (Lipinski definition) is 1. The molecule has 8 rings (SSSR count). The summed E-state index contributed by atoms with van der Waals surface area (Å²) >= 11 is 0. The first-order valence-corrected chi connectivity index (χ1v) is 19.5. The van der Waals surface area contributed by atoms with Gasteiger partial charge in [-0.15, -0.1) is 37.2 Å². The van der Waals surface area contributed by atoms with Crippen molar-refractivity contribution in [2.75, 3.05) is 0 Å². The van der Waals surface area contributed by atoms with Crippen molar-refractivity contribution in [2.24, 2.45) is 0 Å². The number of carbonyl (C=O) groups is 1.